The van der Waals surface area contributed by atoms with E-state index in [1.54, 1.807) is 32.0 Å². The molecule has 134 valence electrons. The molecule has 2 rings (SSSR count). The van der Waals surface area contributed by atoms with Gasteiger partial charge in [-0.3, -0.25) is 4.79 Å². The van der Waals surface area contributed by atoms with Crippen molar-refractivity contribution in [2.24, 2.45) is 0 Å². The Hall–Kier alpha value is -2.83. The molecular formula is C18H21NO6. The Morgan fingerprint density at radius 1 is 1.36 bits per heavy atom. The van der Waals surface area contributed by atoms with Crippen LogP contribution in [0.1, 0.15) is 30.9 Å². The third-order valence-electron chi connectivity index (χ3n) is 4.14. The highest BCUT2D eigenvalue weighted by molar-refractivity contribution is 5.84. The average molecular weight is 347 g/mol. The molecule has 1 aromatic carbocycles. The van der Waals surface area contributed by atoms with Crippen molar-refractivity contribution in [3.8, 4) is 5.75 Å². The van der Waals surface area contributed by atoms with Crippen LogP contribution in [0, 0.1) is 6.92 Å². The number of fused-ring (bicyclic) bond motifs is 1. The number of hydrogen-bond donors (Lipinski definition) is 2. The molecule has 1 atom stereocenters. The predicted molar refractivity (Wildman–Crippen MR) is 92.0 cm³/mol. The first-order valence-electron chi connectivity index (χ1n) is 7.99. The molecule has 2 N–H and O–H groups in total. The first kappa shape index (κ1) is 18.5. The first-order valence-corrected chi connectivity index (χ1v) is 7.99. The number of ether oxygens (including phenoxy) is 1. The summed E-state index contributed by atoms with van der Waals surface area (Å²) in [6.45, 7) is 3.47. The lowest BCUT2D eigenvalue weighted by Crippen LogP contribution is -2.40. The fourth-order valence-electron chi connectivity index (χ4n) is 2.63. The summed E-state index contributed by atoms with van der Waals surface area (Å²) in [4.78, 5) is 35.1. The van der Waals surface area contributed by atoms with Gasteiger partial charge in [-0.05, 0) is 37.5 Å². The number of carboxylic acid groups (broad SMARTS) is 1. The maximum absolute atomic E-state index is 12.2. The first-order chi connectivity index (χ1) is 11.9. The molecule has 0 spiro atoms. The Bertz CT molecular complexity index is 855. The normalized spacial score (nSPS) is 12.0. The molecule has 1 aromatic heterocycles. The molecule has 0 radical (unpaired) electrons. The molecule has 0 saturated carbocycles. The number of aliphatic carboxylic acids is 1. The zero-order chi connectivity index (χ0) is 18.6. The van der Waals surface area contributed by atoms with E-state index in [0.29, 0.717) is 23.3 Å². The topological polar surface area (TPSA) is 106 Å². The second-order valence-electron chi connectivity index (χ2n) is 5.72. The maximum atomic E-state index is 12.2. The van der Waals surface area contributed by atoms with Crippen LogP contribution < -0.4 is 15.7 Å². The van der Waals surface area contributed by atoms with Crippen molar-refractivity contribution in [3.63, 3.8) is 0 Å². The highest BCUT2D eigenvalue weighted by Crippen LogP contribution is 2.24. The van der Waals surface area contributed by atoms with E-state index in [-0.39, 0.29) is 12.8 Å². The van der Waals surface area contributed by atoms with Gasteiger partial charge in [0.2, 0.25) is 5.91 Å². The van der Waals surface area contributed by atoms with Crippen LogP contribution >= 0.6 is 0 Å². The minimum Gasteiger partial charge on any atom is -0.497 e. The van der Waals surface area contributed by atoms with E-state index < -0.39 is 23.5 Å². The number of rotatable bonds is 7. The van der Waals surface area contributed by atoms with Gasteiger partial charge in [0.05, 0.1) is 7.11 Å². The zero-order valence-electron chi connectivity index (χ0n) is 14.4. The SMILES string of the molecule is CCC(NC(=O)CCc1c(C)c2ccc(OC)cc2oc1=O)C(=O)O. The van der Waals surface area contributed by atoms with E-state index in [1.165, 1.54) is 7.11 Å². The molecule has 7 nitrogen and oxygen atoms in total. The minimum absolute atomic E-state index is 0.0110. The summed E-state index contributed by atoms with van der Waals surface area (Å²) in [6.07, 6.45) is 0.481. The Morgan fingerprint density at radius 3 is 2.68 bits per heavy atom. The quantitative estimate of drug-likeness (QED) is 0.742. The number of hydrogen-bond acceptors (Lipinski definition) is 5. The molecule has 1 amide bonds. The number of carbonyl (C=O) groups is 2. The lowest BCUT2D eigenvalue weighted by atomic mass is 10.0. The Labute approximate surface area is 144 Å². The van der Waals surface area contributed by atoms with Crippen LogP contribution in [0.25, 0.3) is 11.0 Å². The van der Waals surface area contributed by atoms with Crippen molar-refractivity contribution in [3.05, 3.63) is 39.7 Å². The fourth-order valence-corrected chi connectivity index (χ4v) is 2.63. The second kappa shape index (κ2) is 7.83. The smallest absolute Gasteiger partial charge is 0.339 e. The summed E-state index contributed by atoms with van der Waals surface area (Å²) in [6, 6.07) is 4.28. The summed E-state index contributed by atoms with van der Waals surface area (Å²) in [5.74, 6) is -0.907. The highest BCUT2D eigenvalue weighted by Gasteiger charge is 2.18. The van der Waals surface area contributed by atoms with E-state index in [2.05, 4.69) is 5.32 Å². The molecule has 0 aliphatic heterocycles. The number of amides is 1. The number of aryl methyl sites for hydroxylation is 1. The lowest BCUT2D eigenvalue weighted by Gasteiger charge is -2.12. The third kappa shape index (κ3) is 4.17. The lowest BCUT2D eigenvalue weighted by molar-refractivity contribution is -0.141. The van der Waals surface area contributed by atoms with Gasteiger partial charge in [-0.2, -0.15) is 0 Å². The molecule has 0 fully saturated rings. The van der Waals surface area contributed by atoms with Crippen molar-refractivity contribution < 1.29 is 23.8 Å². The molecule has 1 unspecified atom stereocenters. The van der Waals surface area contributed by atoms with Gasteiger partial charge in [-0.25, -0.2) is 9.59 Å². The predicted octanol–water partition coefficient (Wildman–Crippen LogP) is 2.02. The molecule has 0 aliphatic rings. The van der Waals surface area contributed by atoms with E-state index in [0.717, 1.165) is 10.9 Å². The number of carbonyl (C=O) groups excluding carboxylic acids is 1. The number of benzene rings is 1. The molecular weight excluding hydrogens is 326 g/mol. The average Bonchev–Trinajstić information content (AvgIpc) is 2.58. The largest absolute Gasteiger partial charge is 0.497 e. The van der Waals surface area contributed by atoms with E-state index in [1.807, 2.05) is 0 Å². The van der Waals surface area contributed by atoms with Crippen molar-refractivity contribution in [2.75, 3.05) is 7.11 Å². The van der Waals surface area contributed by atoms with Crippen molar-refractivity contribution in [2.45, 2.75) is 39.2 Å². The molecule has 0 bridgehead atoms. The van der Waals surface area contributed by atoms with Gasteiger partial charge in [0.15, 0.2) is 0 Å². The monoisotopic (exact) mass is 347 g/mol. The number of nitrogens with one attached hydrogen (secondary N) is 1. The molecule has 25 heavy (non-hydrogen) atoms. The highest BCUT2D eigenvalue weighted by atomic mass is 16.5. The van der Waals surface area contributed by atoms with Gasteiger partial charge in [-0.1, -0.05) is 6.92 Å². The number of carboxylic acids is 1. The van der Waals surface area contributed by atoms with Crippen LogP contribution in [-0.4, -0.2) is 30.1 Å². The van der Waals surface area contributed by atoms with Crippen LogP contribution in [0.3, 0.4) is 0 Å². The molecule has 0 aliphatic carbocycles. The summed E-state index contributed by atoms with van der Waals surface area (Å²) in [5, 5.41) is 12.2. The Kier molecular flexibility index (Phi) is 5.80. The number of methoxy groups -OCH3 is 1. The fraction of sp³-hybridized carbons (Fsp3) is 0.389. The second-order valence-corrected chi connectivity index (χ2v) is 5.72. The van der Waals surface area contributed by atoms with E-state index >= 15 is 0 Å². The Balaban J connectivity index is 2.20. The summed E-state index contributed by atoms with van der Waals surface area (Å²) >= 11 is 0. The molecule has 7 heteroatoms. The van der Waals surface area contributed by atoms with E-state index in [9.17, 15) is 14.4 Å². The van der Waals surface area contributed by atoms with Crippen molar-refractivity contribution in [1.82, 2.24) is 5.32 Å². The van der Waals surface area contributed by atoms with Crippen LogP contribution in [0.15, 0.2) is 27.4 Å². The van der Waals surface area contributed by atoms with Gasteiger partial charge < -0.3 is 19.6 Å². The van der Waals surface area contributed by atoms with Gasteiger partial charge >= 0.3 is 11.6 Å². The van der Waals surface area contributed by atoms with E-state index in [4.69, 9.17) is 14.3 Å². The van der Waals surface area contributed by atoms with Crippen molar-refractivity contribution >= 4 is 22.8 Å². The third-order valence-corrected chi connectivity index (χ3v) is 4.14. The standard InChI is InChI=1S/C18H21NO6/c1-4-14(17(21)22)19-16(20)8-7-13-10(2)12-6-5-11(24-3)9-15(12)25-18(13)23/h5-6,9,14H,4,7-8H2,1-3H3,(H,19,20)(H,21,22). The molecule has 2 aromatic rings. The van der Waals surface area contributed by atoms with Gasteiger partial charge in [-0.15, -0.1) is 0 Å². The van der Waals surface area contributed by atoms with Crippen molar-refractivity contribution in [1.29, 1.82) is 0 Å². The van der Waals surface area contributed by atoms with Gasteiger partial charge in [0, 0.05) is 23.4 Å². The summed E-state index contributed by atoms with van der Waals surface area (Å²) in [5.41, 5.74) is 1.08. The summed E-state index contributed by atoms with van der Waals surface area (Å²) < 4.78 is 10.4. The maximum Gasteiger partial charge on any atom is 0.339 e. The Morgan fingerprint density at radius 2 is 2.08 bits per heavy atom. The van der Waals surface area contributed by atoms with Crippen LogP contribution in [0.5, 0.6) is 5.75 Å². The summed E-state index contributed by atoms with van der Waals surface area (Å²) in [7, 11) is 1.53. The van der Waals surface area contributed by atoms with Gasteiger partial charge in [0.25, 0.3) is 0 Å². The van der Waals surface area contributed by atoms with Gasteiger partial charge in [0.1, 0.15) is 17.4 Å². The van der Waals surface area contributed by atoms with Crippen LogP contribution in [0.4, 0.5) is 0 Å². The zero-order valence-corrected chi connectivity index (χ0v) is 14.4. The molecule has 0 saturated heterocycles. The molecule has 1 heterocycles. The van der Waals surface area contributed by atoms with Crippen LogP contribution in [0.2, 0.25) is 0 Å². The van der Waals surface area contributed by atoms with Crippen LogP contribution in [-0.2, 0) is 16.0 Å². The minimum atomic E-state index is -1.08.